The van der Waals surface area contributed by atoms with Gasteiger partial charge in [-0.2, -0.15) is 4.98 Å². The number of anilines is 2. The highest BCUT2D eigenvalue weighted by Crippen LogP contribution is 2.40. The van der Waals surface area contributed by atoms with Crippen LogP contribution in [0.5, 0.6) is 17.2 Å². The summed E-state index contributed by atoms with van der Waals surface area (Å²) in [5.74, 6) is 0.173. The van der Waals surface area contributed by atoms with Crippen LogP contribution >= 0.6 is 0 Å². The van der Waals surface area contributed by atoms with Crippen LogP contribution in [0.1, 0.15) is 6.23 Å². The molecule has 0 bridgehead atoms. The molecule has 5 N–H and O–H groups in total. The standard InChI is InChI=1S/C18H22N4O8/c1-27-9-6-8(7-10(28-2)14(9)29-3)20-16(25)15-12(23)13(24)17(30-15)22-5-4-11(19)21-18(22)26/h4-7,12-13,15,17,23-24H,1-3H3,(H,20,25)(H2,19,21,26)/t12-,13+,15-,17+/m0/s1. The van der Waals surface area contributed by atoms with Gasteiger partial charge in [-0.05, 0) is 6.07 Å². The minimum absolute atomic E-state index is 0.0130. The average Bonchev–Trinajstić information content (AvgIpc) is 3.02. The molecule has 4 atom stereocenters. The second kappa shape index (κ2) is 8.57. The number of nitrogen functional groups attached to an aromatic ring is 1. The van der Waals surface area contributed by atoms with E-state index >= 15 is 0 Å². The van der Waals surface area contributed by atoms with E-state index in [-0.39, 0.29) is 11.5 Å². The normalized spacial score (nSPS) is 23.1. The molecule has 2 heterocycles. The highest BCUT2D eigenvalue weighted by atomic mass is 16.6. The smallest absolute Gasteiger partial charge is 0.351 e. The molecule has 1 aromatic carbocycles. The van der Waals surface area contributed by atoms with E-state index in [1.165, 1.54) is 45.7 Å². The number of nitrogens with zero attached hydrogens (tertiary/aromatic N) is 2. The first kappa shape index (κ1) is 21.4. The van der Waals surface area contributed by atoms with Crippen molar-refractivity contribution in [1.82, 2.24) is 9.55 Å². The van der Waals surface area contributed by atoms with Crippen LogP contribution in [0.15, 0.2) is 29.2 Å². The number of aliphatic hydroxyl groups is 2. The van der Waals surface area contributed by atoms with Crippen molar-refractivity contribution in [3.05, 3.63) is 34.9 Å². The van der Waals surface area contributed by atoms with Gasteiger partial charge in [0.15, 0.2) is 23.8 Å². The van der Waals surface area contributed by atoms with Crippen molar-refractivity contribution in [2.75, 3.05) is 32.4 Å². The van der Waals surface area contributed by atoms with Gasteiger partial charge in [-0.25, -0.2) is 4.79 Å². The number of benzene rings is 1. The van der Waals surface area contributed by atoms with E-state index in [9.17, 15) is 19.8 Å². The first-order valence-corrected chi connectivity index (χ1v) is 8.77. The maximum atomic E-state index is 12.7. The van der Waals surface area contributed by atoms with Gasteiger partial charge in [-0.3, -0.25) is 9.36 Å². The predicted molar refractivity (Wildman–Crippen MR) is 104 cm³/mol. The Kier molecular flexibility index (Phi) is 6.10. The van der Waals surface area contributed by atoms with Crippen molar-refractivity contribution in [2.45, 2.75) is 24.5 Å². The van der Waals surface area contributed by atoms with Gasteiger partial charge in [0.2, 0.25) is 5.75 Å². The fraction of sp³-hybridized carbons (Fsp3) is 0.389. The quantitative estimate of drug-likeness (QED) is 0.458. The summed E-state index contributed by atoms with van der Waals surface area (Å²) in [6.07, 6.45) is -4.68. The molecular formula is C18H22N4O8. The zero-order valence-corrected chi connectivity index (χ0v) is 16.4. The zero-order valence-electron chi connectivity index (χ0n) is 16.4. The molecule has 1 aliphatic rings. The van der Waals surface area contributed by atoms with Crippen LogP contribution in [0.25, 0.3) is 0 Å². The Morgan fingerprint density at radius 3 is 2.33 bits per heavy atom. The molecule has 1 amide bonds. The Balaban J connectivity index is 1.83. The number of hydrogen-bond donors (Lipinski definition) is 4. The summed E-state index contributed by atoms with van der Waals surface area (Å²) in [6.45, 7) is 0. The largest absolute Gasteiger partial charge is 0.493 e. The van der Waals surface area contributed by atoms with E-state index in [4.69, 9.17) is 24.7 Å². The minimum atomic E-state index is -1.60. The topological polar surface area (TPSA) is 167 Å². The molecule has 1 fully saturated rings. The number of amides is 1. The van der Waals surface area contributed by atoms with Crippen molar-refractivity contribution < 1.29 is 34.0 Å². The predicted octanol–water partition coefficient (Wildman–Crippen LogP) is -0.891. The molecule has 12 heteroatoms. The molecule has 162 valence electrons. The number of hydrogen-bond acceptors (Lipinski definition) is 10. The van der Waals surface area contributed by atoms with Gasteiger partial charge >= 0.3 is 5.69 Å². The molecule has 2 aromatic rings. The number of carbonyl (C=O) groups excluding carboxylic acids is 1. The van der Waals surface area contributed by atoms with Crippen LogP contribution in [-0.2, 0) is 9.53 Å². The zero-order chi connectivity index (χ0) is 22.0. The lowest BCUT2D eigenvalue weighted by Gasteiger charge is -2.17. The average molecular weight is 422 g/mol. The maximum absolute atomic E-state index is 12.7. The summed E-state index contributed by atoms with van der Waals surface area (Å²) in [6, 6.07) is 4.30. The summed E-state index contributed by atoms with van der Waals surface area (Å²) in [5.41, 5.74) is 4.93. The summed E-state index contributed by atoms with van der Waals surface area (Å²) >= 11 is 0. The molecule has 12 nitrogen and oxygen atoms in total. The van der Waals surface area contributed by atoms with Crippen molar-refractivity contribution in [3.8, 4) is 17.2 Å². The van der Waals surface area contributed by atoms with Crippen LogP contribution in [-0.4, -0.2) is 65.3 Å². The number of nitrogens with one attached hydrogen (secondary N) is 1. The SMILES string of the molecule is COc1cc(NC(=O)[C@H]2O[C@@H](n3ccc(N)nc3=O)[C@H](O)[C@@H]2O)cc(OC)c1OC. The fourth-order valence-electron chi connectivity index (χ4n) is 3.09. The highest BCUT2D eigenvalue weighted by Gasteiger charge is 2.47. The third kappa shape index (κ3) is 3.87. The number of methoxy groups -OCH3 is 3. The third-order valence-electron chi connectivity index (χ3n) is 4.55. The van der Waals surface area contributed by atoms with E-state index in [2.05, 4.69) is 10.3 Å². The molecule has 1 aliphatic heterocycles. The molecule has 1 aromatic heterocycles. The molecule has 0 aliphatic carbocycles. The monoisotopic (exact) mass is 422 g/mol. The van der Waals surface area contributed by atoms with Gasteiger partial charge in [0.1, 0.15) is 18.0 Å². The summed E-state index contributed by atoms with van der Waals surface area (Å²) < 4.78 is 22.1. The number of ether oxygens (including phenoxy) is 4. The molecule has 0 radical (unpaired) electrons. The van der Waals surface area contributed by atoms with E-state index < -0.39 is 36.1 Å². The van der Waals surface area contributed by atoms with Crippen LogP contribution in [0.2, 0.25) is 0 Å². The number of aromatic nitrogens is 2. The van der Waals surface area contributed by atoms with Crippen LogP contribution < -0.4 is 31.0 Å². The Bertz CT molecular complexity index is 969. The van der Waals surface area contributed by atoms with Gasteiger partial charge in [-0.15, -0.1) is 0 Å². The molecular weight excluding hydrogens is 400 g/mol. The minimum Gasteiger partial charge on any atom is -0.493 e. The Morgan fingerprint density at radius 2 is 1.80 bits per heavy atom. The Morgan fingerprint density at radius 1 is 1.17 bits per heavy atom. The van der Waals surface area contributed by atoms with Gasteiger partial charge in [0.05, 0.1) is 21.3 Å². The van der Waals surface area contributed by atoms with Crippen molar-refractivity contribution in [3.63, 3.8) is 0 Å². The van der Waals surface area contributed by atoms with E-state index in [1.54, 1.807) is 0 Å². The first-order chi connectivity index (χ1) is 14.3. The summed E-state index contributed by atoms with van der Waals surface area (Å²) in [7, 11) is 4.29. The van der Waals surface area contributed by atoms with E-state index in [1.807, 2.05) is 0 Å². The molecule has 3 rings (SSSR count). The Hall–Kier alpha value is -3.35. The number of nitrogens with two attached hydrogens (primary N) is 1. The van der Waals surface area contributed by atoms with Crippen LogP contribution in [0.3, 0.4) is 0 Å². The second-order valence-electron chi connectivity index (χ2n) is 6.37. The second-order valence-corrected chi connectivity index (χ2v) is 6.37. The molecule has 0 spiro atoms. The van der Waals surface area contributed by atoms with Gasteiger partial charge in [0.25, 0.3) is 5.91 Å². The summed E-state index contributed by atoms with van der Waals surface area (Å²) in [5, 5.41) is 23.2. The van der Waals surface area contributed by atoms with Crippen LogP contribution in [0, 0.1) is 0 Å². The third-order valence-corrected chi connectivity index (χ3v) is 4.55. The van der Waals surface area contributed by atoms with Crippen molar-refractivity contribution in [1.29, 1.82) is 0 Å². The number of aliphatic hydroxyl groups excluding tert-OH is 2. The molecule has 30 heavy (non-hydrogen) atoms. The van der Waals surface area contributed by atoms with E-state index in [0.717, 1.165) is 4.57 Å². The van der Waals surface area contributed by atoms with Gasteiger partial charge in [-0.1, -0.05) is 0 Å². The van der Waals surface area contributed by atoms with Gasteiger partial charge in [0, 0.05) is 24.0 Å². The lowest BCUT2D eigenvalue weighted by molar-refractivity contribution is -0.132. The highest BCUT2D eigenvalue weighted by molar-refractivity contribution is 5.95. The molecule has 1 saturated heterocycles. The molecule has 0 saturated carbocycles. The maximum Gasteiger partial charge on any atom is 0.351 e. The van der Waals surface area contributed by atoms with Crippen LogP contribution in [0.4, 0.5) is 11.5 Å². The first-order valence-electron chi connectivity index (χ1n) is 8.77. The fourth-order valence-corrected chi connectivity index (χ4v) is 3.09. The number of rotatable bonds is 6. The van der Waals surface area contributed by atoms with Crippen molar-refractivity contribution >= 4 is 17.4 Å². The summed E-state index contributed by atoms with van der Waals surface area (Å²) in [4.78, 5) is 28.2. The van der Waals surface area contributed by atoms with E-state index in [0.29, 0.717) is 17.2 Å². The van der Waals surface area contributed by atoms with Crippen molar-refractivity contribution in [2.24, 2.45) is 0 Å². The van der Waals surface area contributed by atoms with Gasteiger partial charge < -0.3 is 40.2 Å². The lowest BCUT2D eigenvalue weighted by atomic mass is 10.1. The Labute approximate surface area is 170 Å². The number of carbonyl (C=O) groups is 1. The molecule has 0 unspecified atom stereocenters. The lowest BCUT2D eigenvalue weighted by Crippen LogP contribution is -2.39.